The molecule has 0 aliphatic carbocycles. The highest BCUT2D eigenvalue weighted by atomic mass is 35.5. The average molecular weight is 326 g/mol. The van der Waals surface area contributed by atoms with E-state index in [0.29, 0.717) is 11.5 Å². The highest BCUT2D eigenvalue weighted by molar-refractivity contribution is 5.85. The van der Waals surface area contributed by atoms with Crippen LogP contribution in [-0.4, -0.2) is 19.9 Å². The van der Waals surface area contributed by atoms with E-state index in [-0.39, 0.29) is 12.4 Å². The number of imidazole rings is 1. The summed E-state index contributed by atoms with van der Waals surface area (Å²) < 4.78 is 0. The highest BCUT2D eigenvalue weighted by Gasteiger charge is 2.06. The van der Waals surface area contributed by atoms with E-state index >= 15 is 0 Å². The van der Waals surface area contributed by atoms with Crippen LogP contribution in [0.25, 0.3) is 11.2 Å². The van der Waals surface area contributed by atoms with Gasteiger partial charge < -0.3 is 10.7 Å². The number of aryl methyl sites for hydroxylation is 1. The number of aromatic amines is 1. The van der Waals surface area contributed by atoms with Crippen molar-refractivity contribution in [2.24, 2.45) is 5.92 Å². The first kappa shape index (κ1) is 18.7. The third kappa shape index (κ3) is 5.79. The van der Waals surface area contributed by atoms with Gasteiger partial charge in [0.15, 0.2) is 11.5 Å². The number of aromatic nitrogens is 4. The Kier molecular flexibility index (Phi) is 8.17. The second-order valence-electron chi connectivity index (χ2n) is 6.18. The fourth-order valence-electron chi connectivity index (χ4n) is 2.56. The van der Waals surface area contributed by atoms with E-state index in [4.69, 9.17) is 5.73 Å². The number of fused-ring (bicyclic) bond motifs is 1. The van der Waals surface area contributed by atoms with Gasteiger partial charge in [0.1, 0.15) is 11.3 Å². The summed E-state index contributed by atoms with van der Waals surface area (Å²) in [6.45, 7) is 4.59. The predicted molar refractivity (Wildman–Crippen MR) is 94.2 cm³/mol. The van der Waals surface area contributed by atoms with E-state index in [1.54, 1.807) is 6.33 Å². The molecule has 124 valence electrons. The van der Waals surface area contributed by atoms with Crippen molar-refractivity contribution >= 4 is 29.4 Å². The van der Waals surface area contributed by atoms with Gasteiger partial charge in [0.05, 0.1) is 6.33 Å². The largest absolute Gasteiger partial charge is 0.382 e. The monoisotopic (exact) mass is 325 g/mol. The van der Waals surface area contributed by atoms with Crippen LogP contribution in [0, 0.1) is 5.92 Å². The van der Waals surface area contributed by atoms with Gasteiger partial charge in [0.2, 0.25) is 0 Å². The molecule has 0 fully saturated rings. The number of halogens is 1. The second kappa shape index (κ2) is 9.62. The standard InChI is InChI=1S/C16H27N5.ClH/c1-12(2)9-7-5-3-4-6-8-10-13-20-15(17)14-16(21-13)19-11-18-14;/h11-12H,3-10H2,1-2H3,(H3,17,18,19,20,21);1H. The van der Waals surface area contributed by atoms with Crippen LogP contribution < -0.4 is 5.73 Å². The van der Waals surface area contributed by atoms with Gasteiger partial charge in [-0.05, 0) is 12.3 Å². The Balaban J connectivity index is 0.00000242. The lowest BCUT2D eigenvalue weighted by atomic mass is 10.0. The maximum atomic E-state index is 5.89. The Morgan fingerprint density at radius 3 is 2.45 bits per heavy atom. The number of nitrogens with one attached hydrogen (secondary N) is 1. The third-order valence-corrected chi connectivity index (χ3v) is 3.79. The third-order valence-electron chi connectivity index (χ3n) is 3.79. The van der Waals surface area contributed by atoms with Gasteiger partial charge in [0.25, 0.3) is 0 Å². The van der Waals surface area contributed by atoms with E-state index in [1.807, 2.05) is 0 Å². The summed E-state index contributed by atoms with van der Waals surface area (Å²) in [6, 6.07) is 0. The Bertz CT molecular complexity index is 552. The van der Waals surface area contributed by atoms with Gasteiger partial charge in [-0.2, -0.15) is 0 Å². The van der Waals surface area contributed by atoms with E-state index in [0.717, 1.165) is 30.1 Å². The van der Waals surface area contributed by atoms with Crippen molar-refractivity contribution in [3.05, 3.63) is 12.2 Å². The molecule has 5 nitrogen and oxygen atoms in total. The summed E-state index contributed by atoms with van der Waals surface area (Å²) >= 11 is 0. The summed E-state index contributed by atoms with van der Waals surface area (Å²) in [7, 11) is 0. The molecule has 6 heteroatoms. The van der Waals surface area contributed by atoms with Crippen molar-refractivity contribution in [3.63, 3.8) is 0 Å². The fraction of sp³-hybridized carbons (Fsp3) is 0.688. The Morgan fingerprint density at radius 1 is 1.05 bits per heavy atom. The molecule has 0 aliphatic heterocycles. The zero-order chi connectivity index (χ0) is 15.1. The van der Waals surface area contributed by atoms with Crippen LogP contribution in [0.4, 0.5) is 5.82 Å². The maximum Gasteiger partial charge on any atom is 0.183 e. The molecule has 0 unspecified atom stereocenters. The summed E-state index contributed by atoms with van der Waals surface area (Å²) in [5, 5.41) is 0. The van der Waals surface area contributed by atoms with Crippen molar-refractivity contribution in [1.82, 2.24) is 19.9 Å². The number of nitrogens with zero attached hydrogens (tertiary/aromatic N) is 3. The lowest BCUT2D eigenvalue weighted by Crippen LogP contribution is -2.01. The van der Waals surface area contributed by atoms with Gasteiger partial charge in [-0.25, -0.2) is 15.0 Å². The molecule has 0 radical (unpaired) electrons. The van der Waals surface area contributed by atoms with Crippen LogP contribution in [0.2, 0.25) is 0 Å². The molecule has 0 spiro atoms. The molecule has 0 bridgehead atoms. The smallest absolute Gasteiger partial charge is 0.183 e. The number of hydrogen-bond donors (Lipinski definition) is 2. The van der Waals surface area contributed by atoms with Crippen molar-refractivity contribution in [1.29, 1.82) is 0 Å². The van der Waals surface area contributed by atoms with Crippen LogP contribution in [0.1, 0.15) is 64.6 Å². The van der Waals surface area contributed by atoms with E-state index < -0.39 is 0 Å². The van der Waals surface area contributed by atoms with Gasteiger partial charge >= 0.3 is 0 Å². The normalized spacial score (nSPS) is 11.0. The van der Waals surface area contributed by atoms with Crippen LogP contribution in [0.3, 0.4) is 0 Å². The minimum Gasteiger partial charge on any atom is -0.382 e. The first-order chi connectivity index (χ1) is 10.2. The molecule has 0 saturated carbocycles. The zero-order valence-electron chi connectivity index (χ0n) is 13.6. The van der Waals surface area contributed by atoms with Gasteiger partial charge in [-0.15, -0.1) is 12.4 Å². The van der Waals surface area contributed by atoms with E-state index in [2.05, 4.69) is 33.8 Å². The Morgan fingerprint density at radius 2 is 1.73 bits per heavy atom. The van der Waals surface area contributed by atoms with Crippen molar-refractivity contribution in [2.75, 3.05) is 5.73 Å². The van der Waals surface area contributed by atoms with Gasteiger partial charge in [0, 0.05) is 6.42 Å². The quantitative estimate of drug-likeness (QED) is 0.674. The summed E-state index contributed by atoms with van der Waals surface area (Å²) in [6.07, 6.45) is 11.6. The fourth-order valence-corrected chi connectivity index (χ4v) is 2.56. The molecule has 22 heavy (non-hydrogen) atoms. The molecule has 3 N–H and O–H groups in total. The molecule has 0 aromatic carbocycles. The first-order valence-electron chi connectivity index (χ1n) is 8.12. The molecule has 2 rings (SSSR count). The van der Waals surface area contributed by atoms with Crippen LogP contribution in [0.15, 0.2) is 6.33 Å². The zero-order valence-corrected chi connectivity index (χ0v) is 14.5. The lowest BCUT2D eigenvalue weighted by Gasteiger charge is -2.04. The molecule has 0 aliphatic rings. The minimum atomic E-state index is 0. The first-order valence-corrected chi connectivity index (χ1v) is 8.12. The Labute approximate surface area is 138 Å². The molecular weight excluding hydrogens is 298 g/mol. The Hall–Kier alpha value is -1.36. The highest BCUT2D eigenvalue weighted by Crippen LogP contribution is 2.15. The molecule has 0 amide bonds. The van der Waals surface area contributed by atoms with E-state index in [1.165, 1.54) is 38.5 Å². The summed E-state index contributed by atoms with van der Waals surface area (Å²) in [4.78, 5) is 15.9. The molecule has 0 atom stereocenters. The lowest BCUT2D eigenvalue weighted by molar-refractivity contribution is 0.511. The topological polar surface area (TPSA) is 80.5 Å². The minimum absolute atomic E-state index is 0. The maximum absolute atomic E-state index is 5.89. The van der Waals surface area contributed by atoms with E-state index in [9.17, 15) is 0 Å². The van der Waals surface area contributed by atoms with Crippen molar-refractivity contribution in [2.45, 2.75) is 65.2 Å². The molecule has 2 aromatic rings. The molecule has 0 saturated heterocycles. The van der Waals surface area contributed by atoms with Crippen molar-refractivity contribution < 1.29 is 0 Å². The number of hydrogen-bond acceptors (Lipinski definition) is 4. The van der Waals surface area contributed by atoms with Crippen LogP contribution >= 0.6 is 12.4 Å². The van der Waals surface area contributed by atoms with Crippen LogP contribution in [0.5, 0.6) is 0 Å². The summed E-state index contributed by atoms with van der Waals surface area (Å²) in [5.41, 5.74) is 7.30. The number of nitrogens with two attached hydrogens (primary N) is 1. The molecule has 2 heterocycles. The summed E-state index contributed by atoms with van der Waals surface area (Å²) in [5.74, 6) is 2.15. The second-order valence-corrected chi connectivity index (χ2v) is 6.18. The predicted octanol–water partition coefficient (Wildman–Crippen LogP) is 4.29. The number of anilines is 1. The SMILES string of the molecule is CC(C)CCCCCCCCc1nc(N)c2[nH]cnc2n1.Cl. The molecular formula is C16H28ClN5. The molecule has 2 aromatic heterocycles. The number of nitrogen functional groups attached to an aromatic ring is 1. The number of rotatable bonds is 9. The van der Waals surface area contributed by atoms with Crippen LogP contribution in [-0.2, 0) is 6.42 Å². The average Bonchev–Trinajstić information content (AvgIpc) is 2.90. The van der Waals surface area contributed by atoms with Crippen molar-refractivity contribution in [3.8, 4) is 0 Å². The van der Waals surface area contributed by atoms with Gasteiger partial charge in [-0.1, -0.05) is 52.4 Å². The van der Waals surface area contributed by atoms with Gasteiger partial charge in [-0.3, -0.25) is 0 Å². The number of H-pyrrole nitrogens is 1. The number of unbranched alkanes of at least 4 members (excludes halogenated alkanes) is 5.